The summed E-state index contributed by atoms with van der Waals surface area (Å²) in [6, 6.07) is 11.5. The summed E-state index contributed by atoms with van der Waals surface area (Å²) >= 11 is 0. The molecular weight excluding hydrogens is 252 g/mol. The van der Waals surface area contributed by atoms with E-state index in [9.17, 15) is 4.79 Å². The highest BCUT2D eigenvalue weighted by Crippen LogP contribution is 2.24. The summed E-state index contributed by atoms with van der Waals surface area (Å²) in [7, 11) is 1.65. The van der Waals surface area contributed by atoms with Gasteiger partial charge in [-0.25, -0.2) is 0 Å². The molecule has 0 atom stereocenters. The number of methoxy groups -OCH3 is 1. The summed E-state index contributed by atoms with van der Waals surface area (Å²) in [6.45, 7) is 1.34. The fourth-order valence-corrected chi connectivity index (χ4v) is 2.49. The van der Waals surface area contributed by atoms with E-state index in [2.05, 4.69) is 11.1 Å². The molecular formula is C16H16N2O2. The minimum Gasteiger partial charge on any atom is -0.497 e. The highest BCUT2D eigenvalue weighted by molar-refractivity contribution is 5.92. The van der Waals surface area contributed by atoms with E-state index >= 15 is 0 Å². The largest absolute Gasteiger partial charge is 0.497 e. The van der Waals surface area contributed by atoms with Crippen LogP contribution < -0.4 is 4.74 Å². The number of amides is 1. The van der Waals surface area contributed by atoms with E-state index < -0.39 is 0 Å². The second-order valence-electron chi connectivity index (χ2n) is 4.83. The third-order valence-corrected chi connectivity index (χ3v) is 3.60. The number of hydrogen-bond donors (Lipinski definition) is 0. The summed E-state index contributed by atoms with van der Waals surface area (Å²) in [5, 5.41) is 0. The van der Waals surface area contributed by atoms with Crippen LogP contribution in [0, 0.1) is 0 Å². The summed E-state index contributed by atoms with van der Waals surface area (Å²) in [5.74, 6) is 0.815. The molecule has 1 aromatic heterocycles. The van der Waals surface area contributed by atoms with Gasteiger partial charge in [-0.05, 0) is 41.8 Å². The van der Waals surface area contributed by atoms with Gasteiger partial charge in [-0.2, -0.15) is 0 Å². The highest BCUT2D eigenvalue weighted by Gasteiger charge is 2.22. The summed E-state index contributed by atoms with van der Waals surface area (Å²) in [4.78, 5) is 18.4. The van der Waals surface area contributed by atoms with Gasteiger partial charge < -0.3 is 9.64 Å². The molecule has 1 aliphatic rings. The van der Waals surface area contributed by atoms with E-state index in [0.29, 0.717) is 12.2 Å². The van der Waals surface area contributed by atoms with Crippen LogP contribution in [0.25, 0.3) is 0 Å². The number of nitrogens with zero attached hydrogens (tertiary/aromatic N) is 2. The number of pyridine rings is 1. The molecule has 2 aromatic rings. The third kappa shape index (κ3) is 2.37. The van der Waals surface area contributed by atoms with Crippen LogP contribution in [0.1, 0.15) is 21.6 Å². The van der Waals surface area contributed by atoms with Gasteiger partial charge in [0.2, 0.25) is 0 Å². The summed E-state index contributed by atoms with van der Waals surface area (Å²) < 4.78 is 5.24. The molecule has 0 fully saturated rings. The molecule has 1 aromatic carbocycles. The van der Waals surface area contributed by atoms with Gasteiger partial charge in [0.05, 0.1) is 7.11 Å². The van der Waals surface area contributed by atoms with Gasteiger partial charge in [-0.15, -0.1) is 0 Å². The molecule has 0 unspecified atom stereocenters. The Hall–Kier alpha value is -2.36. The fraction of sp³-hybridized carbons (Fsp3) is 0.250. The third-order valence-electron chi connectivity index (χ3n) is 3.60. The Morgan fingerprint density at radius 2 is 2.15 bits per heavy atom. The lowest BCUT2D eigenvalue weighted by atomic mass is 9.99. The maximum Gasteiger partial charge on any atom is 0.272 e. The van der Waals surface area contributed by atoms with Crippen LogP contribution in [0.5, 0.6) is 5.75 Å². The summed E-state index contributed by atoms with van der Waals surface area (Å²) in [5.41, 5.74) is 2.94. The minimum absolute atomic E-state index is 0.0148. The van der Waals surface area contributed by atoms with Crippen LogP contribution in [-0.2, 0) is 13.0 Å². The van der Waals surface area contributed by atoms with E-state index in [1.54, 1.807) is 19.4 Å². The van der Waals surface area contributed by atoms with Crippen molar-refractivity contribution in [1.82, 2.24) is 9.88 Å². The van der Waals surface area contributed by atoms with Gasteiger partial charge in [-0.3, -0.25) is 9.78 Å². The zero-order valence-electron chi connectivity index (χ0n) is 11.4. The molecule has 0 radical (unpaired) electrons. The van der Waals surface area contributed by atoms with E-state index in [1.807, 2.05) is 29.2 Å². The molecule has 1 aliphatic heterocycles. The molecule has 0 saturated carbocycles. The molecule has 0 N–H and O–H groups in total. The number of carbonyl (C=O) groups excluding carboxylic acids is 1. The van der Waals surface area contributed by atoms with Crippen LogP contribution in [-0.4, -0.2) is 29.4 Å². The fourth-order valence-electron chi connectivity index (χ4n) is 2.49. The first-order valence-corrected chi connectivity index (χ1v) is 6.64. The maximum atomic E-state index is 12.4. The zero-order chi connectivity index (χ0) is 13.9. The van der Waals surface area contributed by atoms with E-state index in [4.69, 9.17) is 4.74 Å². The SMILES string of the molecule is COc1ccc2c(c1)CN(C(=O)c1ccccn1)CC2. The highest BCUT2D eigenvalue weighted by atomic mass is 16.5. The molecule has 0 aliphatic carbocycles. The van der Waals surface area contributed by atoms with E-state index in [-0.39, 0.29) is 5.91 Å². The number of benzene rings is 1. The molecule has 4 heteroatoms. The Morgan fingerprint density at radius 3 is 2.90 bits per heavy atom. The predicted octanol–water partition coefficient (Wildman–Crippen LogP) is 2.29. The van der Waals surface area contributed by atoms with Crippen molar-refractivity contribution in [3.8, 4) is 5.75 Å². The number of aromatic nitrogens is 1. The van der Waals surface area contributed by atoms with Crippen molar-refractivity contribution in [3.05, 3.63) is 59.4 Å². The number of rotatable bonds is 2. The standard InChI is InChI=1S/C16H16N2O2/c1-20-14-6-5-12-7-9-18(11-13(12)10-14)16(19)15-4-2-3-8-17-15/h2-6,8,10H,7,9,11H2,1H3. The van der Waals surface area contributed by atoms with Crippen LogP contribution in [0.15, 0.2) is 42.6 Å². The Bertz CT molecular complexity index is 626. The van der Waals surface area contributed by atoms with Crippen LogP contribution >= 0.6 is 0 Å². The van der Waals surface area contributed by atoms with Gasteiger partial charge in [0, 0.05) is 19.3 Å². The first-order chi connectivity index (χ1) is 9.78. The van der Waals surface area contributed by atoms with E-state index in [1.165, 1.54) is 5.56 Å². The van der Waals surface area contributed by atoms with Crippen molar-refractivity contribution in [2.24, 2.45) is 0 Å². The number of fused-ring (bicyclic) bond motifs is 1. The van der Waals surface area contributed by atoms with Gasteiger partial charge in [0.1, 0.15) is 11.4 Å². The quantitative estimate of drug-likeness (QED) is 0.839. The van der Waals surface area contributed by atoms with Gasteiger partial charge in [-0.1, -0.05) is 12.1 Å². The predicted molar refractivity (Wildman–Crippen MR) is 75.7 cm³/mol. The lowest BCUT2D eigenvalue weighted by Gasteiger charge is -2.28. The molecule has 0 spiro atoms. The molecule has 4 nitrogen and oxygen atoms in total. The molecule has 102 valence electrons. The number of carbonyl (C=O) groups is 1. The molecule has 1 amide bonds. The number of hydrogen-bond acceptors (Lipinski definition) is 3. The topological polar surface area (TPSA) is 42.4 Å². The Morgan fingerprint density at radius 1 is 1.25 bits per heavy atom. The normalized spacial score (nSPS) is 13.8. The average molecular weight is 268 g/mol. The minimum atomic E-state index is -0.0148. The molecule has 0 bridgehead atoms. The number of ether oxygens (including phenoxy) is 1. The van der Waals surface area contributed by atoms with Gasteiger partial charge in [0.25, 0.3) is 5.91 Å². The average Bonchev–Trinajstić information content (AvgIpc) is 2.54. The van der Waals surface area contributed by atoms with Crippen LogP contribution in [0.2, 0.25) is 0 Å². The van der Waals surface area contributed by atoms with Crippen molar-refractivity contribution in [2.45, 2.75) is 13.0 Å². The smallest absolute Gasteiger partial charge is 0.272 e. The van der Waals surface area contributed by atoms with Crippen molar-refractivity contribution < 1.29 is 9.53 Å². The Labute approximate surface area is 118 Å². The second kappa shape index (κ2) is 5.33. The second-order valence-corrected chi connectivity index (χ2v) is 4.83. The monoisotopic (exact) mass is 268 g/mol. The van der Waals surface area contributed by atoms with E-state index in [0.717, 1.165) is 24.3 Å². The first kappa shape index (κ1) is 12.7. The van der Waals surface area contributed by atoms with Gasteiger partial charge >= 0.3 is 0 Å². The molecule has 3 rings (SSSR count). The van der Waals surface area contributed by atoms with Crippen LogP contribution in [0.4, 0.5) is 0 Å². The van der Waals surface area contributed by atoms with Crippen molar-refractivity contribution >= 4 is 5.91 Å². The Balaban J connectivity index is 1.83. The molecule has 0 saturated heterocycles. The van der Waals surface area contributed by atoms with Crippen molar-refractivity contribution in [1.29, 1.82) is 0 Å². The van der Waals surface area contributed by atoms with Crippen molar-refractivity contribution in [2.75, 3.05) is 13.7 Å². The van der Waals surface area contributed by atoms with Crippen molar-refractivity contribution in [3.63, 3.8) is 0 Å². The molecule has 20 heavy (non-hydrogen) atoms. The zero-order valence-corrected chi connectivity index (χ0v) is 11.4. The van der Waals surface area contributed by atoms with Crippen LogP contribution in [0.3, 0.4) is 0 Å². The maximum absolute atomic E-state index is 12.4. The molecule has 2 heterocycles. The Kier molecular flexibility index (Phi) is 3.37. The lowest BCUT2D eigenvalue weighted by molar-refractivity contribution is 0.0728. The lowest BCUT2D eigenvalue weighted by Crippen LogP contribution is -2.36. The summed E-state index contributed by atoms with van der Waals surface area (Å²) in [6.07, 6.45) is 2.52. The first-order valence-electron chi connectivity index (χ1n) is 6.64. The van der Waals surface area contributed by atoms with Gasteiger partial charge in [0.15, 0.2) is 0 Å².